The van der Waals surface area contributed by atoms with Gasteiger partial charge >= 0.3 is 0 Å². The summed E-state index contributed by atoms with van der Waals surface area (Å²) in [5.41, 5.74) is 6.51. The number of carbonyl (C=O) groups excluding carboxylic acids is 1. The van der Waals surface area contributed by atoms with Crippen LogP contribution in [0.25, 0.3) is 11.2 Å². The van der Waals surface area contributed by atoms with Crippen molar-refractivity contribution in [2.24, 2.45) is 0 Å². The van der Waals surface area contributed by atoms with E-state index < -0.39 is 19.1 Å². The Labute approximate surface area is 178 Å². The van der Waals surface area contributed by atoms with Gasteiger partial charge in [0.05, 0.1) is 25.6 Å². The average Bonchev–Trinajstić information content (AvgIpc) is 3.13. The number of carbonyl (C=O) groups is 1. The number of Topliss-reactive ketones (excluding diaryl/α,β-unsaturated/α-hetero) is 1. The number of rotatable bonds is 11. The summed E-state index contributed by atoms with van der Waals surface area (Å²) in [4.78, 5) is 34.0. The van der Waals surface area contributed by atoms with E-state index in [0.717, 1.165) is 5.56 Å². The lowest BCUT2D eigenvalue weighted by atomic mass is 10.2. The standard InChI is InChI=1S/C19H25N6O5P/c1-13(14(2)26)24-31(28,30-10-15-6-4-3-5-7-15)12-29-9-8-25-11-21-16-17(25)22-19(20)23-18(16)27/h3-7,11,13H,8-10,12H2,1-2H3,(H,24,28)(H3,20,22,23,27)/t13-,31?/m0/s1. The van der Waals surface area contributed by atoms with Gasteiger partial charge in [-0.1, -0.05) is 30.3 Å². The van der Waals surface area contributed by atoms with Gasteiger partial charge in [0.1, 0.15) is 12.1 Å². The number of nitrogens with two attached hydrogens (primary N) is 1. The Morgan fingerprint density at radius 3 is 2.81 bits per heavy atom. The molecule has 3 rings (SSSR count). The van der Waals surface area contributed by atoms with Crippen molar-refractivity contribution in [1.29, 1.82) is 0 Å². The molecule has 0 aliphatic heterocycles. The molecular weight excluding hydrogens is 423 g/mol. The van der Waals surface area contributed by atoms with Crippen molar-refractivity contribution in [3.63, 3.8) is 0 Å². The molecule has 0 saturated heterocycles. The van der Waals surface area contributed by atoms with Crippen LogP contribution in [0.15, 0.2) is 41.5 Å². The van der Waals surface area contributed by atoms with Gasteiger partial charge in [-0.25, -0.2) is 10.1 Å². The Morgan fingerprint density at radius 2 is 2.10 bits per heavy atom. The zero-order valence-corrected chi connectivity index (χ0v) is 18.2. The number of nitrogens with zero attached hydrogens (tertiary/aromatic N) is 3. The van der Waals surface area contributed by atoms with Crippen molar-refractivity contribution in [1.82, 2.24) is 24.6 Å². The van der Waals surface area contributed by atoms with Crippen LogP contribution >= 0.6 is 7.52 Å². The molecule has 2 heterocycles. The largest absolute Gasteiger partial charge is 0.369 e. The molecule has 2 aromatic heterocycles. The van der Waals surface area contributed by atoms with Crippen LogP contribution in [-0.4, -0.2) is 44.3 Å². The maximum atomic E-state index is 13.3. The summed E-state index contributed by atoms with van der Waals surface area (Å²) in [7, 11) is -3.47. The molecule has 0 aliphatic rings. The summed E-state index contributed by atoms with van der Waals surface area (Å²) in [5, 5.41) is 2.77. The van der Waals surface area contributed by atoms with Crippen LogP contribution in [0.1, 0.15) is 19.4 Å². The molecule has 166 valence electrons. The first-order chi connectivity index (χ1) is 14.8. The number of H-pyrrole nitrogens is 1. The fourth-order valence-corrected chi connectivity index (χ4v) is 4.46. The van der Waals surface area contributed by atoms with Gasteiger partial charge in [-0.15, -0.1) is 0 Å². The second-order valence-electron chi connectivity index (χ2n) is 6.99. The molecule has 4 N–H and O–H groups in total. The number of hydrogen-bond donors (Lipinski definition) is 3. The van der Waals surface area contributed by atoms with Gasteiger partial charge in [-0.3, -0.25) is 19.1 Å². The Kier molecular flexibility index (Phi) is 7.34. The van der Waals surface area contributed by atoms with Crippen LogP contribution in [0.5, 0.6) is 0 Å². The topological polar surface area (TPSA) is 154 Å². The number of ketones is 1. The molecule has 0 spiro atoms. The minimum absolute atomic E-state index is 0.0126. The molecule has 0 aliphatic carbocycles. The third-order valence-electron chi connectivity index (χ3n) is 4.51. The van der Waals surface area contributed by atoms with Crippen molar-refractivity contribution < 1.29 is 18.6 Å². The molecular formula is C19H25N6O5P. The minimum Gasteiger partial charge on any atom is -0.369 e. The number of fused-ring (bicyclic) bond motifs is 1. The van der Waals surface area contributed by atoms with E-state index in [4.69, 9.17) is 15.0 Å². The van der Waals surface area contributed by atoms with Crippen molar-refractivity contribution in [3.8, 4) is 0 Å². The number of aromatic nitrogens is 4. The summed E-state index contributed by atoms with van der Waals surface area (Å²) in [5.74, 6) is -0.177. The number of hydrogen-bond acceptors (Lipinski definition) is 8. The zero-order valence-electron chi connectivity index (χ0n) is 17.3. The number of nitrogen functional groups attached to an aromatic ring is 1. The molecule has 0 saturated carbocycles. The van der Waals surface area contributed by atoms with Crippen LogP contribution in [0.4, 0.5) is 5.95 Å². The van der Waals surface area contributed by atoms with Crippen molar-refractivity contribution in [2.45, 2.75) is 33.0 Å². The average molecular weight is 448 g/mol. The number of benzene rings is 1. The highest BCUT2D eigenvalue weighted by molar-refractivity contribution is 7.56. The van der Waals surface area contributed by atoms with Crippen LogP contribution in [-0.2, 0) is 31.8 Å². The van der Waals surface area contributed by atoms with E-state index in [0.29, 0.717) is 12.2 Å². The first-order valence-electron chi connectivity index (χ1n) is 9.61. The van der Waals surface area contributed by atoms with Gasteiger partial charge in [0.2, 0.25) is 5.95 Å². The number of imidazole rings is 1. The lowest BCUT2D eigenvalue weighted by Gasteiger charge is -2.22. The first kappa shape index (κ1) is 22.8. The van der Waals surface area contributed by atoms with Gasteiger partial charge in [0, 0.05) is 6.54 Å². The van der Waals surface area contributed by atoms with Crippen molar-refractivity contribution >= 4 is 30.4 Å². The van der Waals surface area contributed by atoms with Gasteiger partial charge in [-0.2, -0.15) is 4.98 Å². The second kappa shape index (κ2) is 9.97. The van der Waals surface area contributed by atoms with E-state index in [2.05, 4.69) is 20.0 Å². The first-order valence-corrected chi connectivity index (χ1v) is 11.4. The van der Waals surface area contributed by atoms with Crippen LogP contribution in [0.3, 0.4) is 0 Å². The summed E-state index contributed by atoms with van der Waals surface area (Å²) in [6.45, 7) is 3.58. The van der Waals surface area contributed by atoms with Crippen molar-refractivity contribution in [2.75, 3.05) is 18.7 Å². The van der Waals surface area contributed by atoms with Crippen molar-refractivity contribution in [3.05, 3.63) is 52.6 Å². The zero-order chi connectivity index (χ0) is 22.4. The third kappa shape index (κ3) is 6.08. The Balaban J connectivity index is 1.62. The highest BCUT2D eigenvalue weighted by Crippen LogP contribution is 2.44. The normalized spacial score (nSPS) is 14.4. The van der Waals surface area contributed by atoms with Gasteiger partial charge in [0.25, 0.3) is 13.1 Å². The van der Waals surface area contributed by atoms with E-state index in [1.165, 1.54) is 13.3 Å². The quantitative estimate of drug-likeness (QED) is 0.293. The number of nitrogens with one attached hydrogen (secondary N) is 2. The van der Waals surface area contributed by atoms with Gasteiger partial charge < -0.3 is 19.6 Å². The Morgan fingerprint density at radius 1 is 1.35 bits per heavy atom. The summed E-state index contributed by atoms with van der Waals surface area (Å²) < 4.78 is 26.1. The maximum Gasteiger partial charge on any atom is 0.295 e. The van der Waals surface area contributed by atoms with Crippen LogP contribution < -0.4 is 16.4 Å². The molecule has 12 heteroatoms. The second-order valence-corrected chi connectivity index (χ2v) is 9.11. The molecule has 2 atom stereocenters. The van der Waals surface area contributed by atoms with Crippen LogP contribution in [0.2, 0.25) is 0 Å². The molecule has 0 amide bonds. The van der Waals surface area contributed by atoms with Gasteiger partial charge in [0.15, 0.2) is 11.2 Å². The van der Waals surface area contributed by atoms with Gasteiger partial charge in [-0.05, 0) is 19.4 Å². The molecule has 11 nitrogen and oxygen atoms in total. The van der Waals surface area contributed by atoms with E-state index in [1.54, 1.807) is 11.5 Å². The van der Waals surface area contributed by atoms with E-state index in [1.807, 2.05) is 30.3 Å². The predicted octanol–water partition coefficient (Wildman–Crippen LogP) is 1.65. The molecule has 31 heavy (non-hydrogen) atoms. The predicted molar refractivity (Wildman–Crippen MR) is 115 cm³/mol. The Bertz CT molecular complexity index is 1150. The number of ether oxygens (including phenoxy) is 1. The molecule has 1 aromatic carbocycles. The lowest BCUT2D eigenvalue weighted by Crippen LogP contribution is -2.32. The van der Waals surface area contributed by atoms with E-state index in [-0.39, 0.29) is 36.8 Å². The monoisotopic (exact) mass is 448 g/mol. The number of aromatic amines is 1. The minimum atomic E-state index is -3.47. The van der Waals surface area contributed by atoms with E-state index in [9.17, 15) is 14.2 Å². The molecule has 0 radical (unpaired) electrons. The molecule has 0 fully saturated rings. The number of anilines is 1. The maximum absolute atomic E-state index is 13.3. The summed E-state index contributed by atoms with van der Waals surface area (Å²) >= 11 is 0. The lowest BCUT2D eigenvalue weighted by molar-refractivity contribution is -0.118. The van der Waals surface area contributed by atoms with Crippen LogP contribution in [0, 0.1) is 0 Å². The van der Waals surface area contributed by atoms with E-state index >= 15 is 0 Å². The smallest absolute Gasteiger partial charge is 0.295 e. The highest BCUT2D eigenvalue weighted by atomic mass is 31.2. The fourth-order valence-electron chi connectivity index (χ4n) is 2.73. The summed E-state index contributed by atoms with van der Waals surface area (Å²) in [6, 6.07) is 8.63. The Hall–Kier alpha value is -2.85. The third-order valence-corrected chi connectivity index (χ3v) is 6.36. The molecule has 1 unspecified atom stereocenters. The molecule has 3 aromatic rings. The highest BCUT2D eigenvalue weighted by Gasteiger charge is 2.27. The molecule has 0 bridgehead atoms. The fraction of sp³-hybridized carbons (Fsp3) is 0.368. The SMILES string of the molecule is CC(=O)[C@H](C)NP(=O)(COCCn1cnc2c(=O)[nH]c(N)nc21)OCc1ccccc1. The summed E-state index contributed by atoms with van der Waals surface area (Å²) in [6.07, 6.45) is 1.22.